The van der Waals surface area contributed by atoms with E-state index in [1.807, 2.05) is 12.1 Å². The third-order valence-corrected chi connectivity index (χ3v) is 4.89. The van der Waals surface area contributed by atoms with Gasteiger partial charge in [0.1, 0.15) is 6.17 Å². The van der Waals surface area contributed by atoms with E-state index in [9.17, 15) is 9.18 Å². The molecule has 0 spiro atoms. The first-order valence-corrected chi connectivity index (χ1v) is 7.75. The summed E-state index contributed by atoms with van der Waals surface area (Å²) >= 11 is 5.99. The van der Waals surface area contributed by atoms with Crippen LogP contribution in [0.4, 0.5) is 4.39 Å². The van der Waals surface area contributed by atoms with Gasteiger partial charge in [-0.25, -0.2) is 4.39 Å². The number of hydrogen-bond donors (Lipinski definition) is 2. The molecule has 0 aliphatic heterocycles. The number of aromatic amines is 1. The highest BCUT2D eigenvalue weighted by Gasteiger charge is 2.54. The van der Waals surface area contributed by atoms with Crippen LogP contribution in [-0.2, 0) is 0 Å². The molecule has 1 amide bonds. The van der Waals surface area contributed by atoms with Gasteiger partial charge in [-0.3, -0.25) is 9.89 Å². The molecular weight excluding hydrogens is 305 g/mol. The summed E-state index contributed by atoms with van der Waals surface area (Å²) in [6.07, 6.45) is 2.13. The highest BCUT2D eigenvalue weighted by atomic mass is 35.5. The molecule has 2 N–H and O–H groups in total. The Balaban J connectivity index is 1.58. The maximum absolute atomic E-state index is 13.9. The second-order valence-corrected chi connectivity index (χ2v) is 6.52. The number of amides is 1. The minimum Gasteiger partial charge on any atom is -0.346 e. The quantitative estimate of drug-likeness (QED) is 0.912. The summed E-state index contributed by atoms with van der Waals surface area (Å²) in [6, 6.07) is 6.82. The van der Waals surface area contributed by atoms with E-state index >= 15 is 0 Å². The molecule has 2 aliphatic carbocycles. The second kappa shape index (κ2) is 5.09. The Kier molecular flexibility index (Phi) is 3.18. The number of aromatic nitrogens is 2. The van der Waals surface area contributed by atoms with Crippen LogP contribution in [0.1, 0.15) is 23.2 Å². The van der Waals surface area contributed by atoms with Crippen molar-refractivity contribution in [3.05, 3.63) is 41.0 Å². The molecule has 2 fully saturated rings. The van der Waals surface area contributed by atoms with Gasteiger partial charge in [-0.1, -0.05) is 23.7 Å². The standard InChI is InChI=1S/C16H15ClFN3O/c17-10-3-1-2-8(4-10)14-12(7-19-21-14)16(22)20-15-11-5-9(11)6-13(15)18/h1-4,7,9,11,13,15H,5-6H2,(H,19,21)(H,20,22). The first kappa shape index (κ1) is 13.8. The summed E-state index contributed by atoms with van der Waals surface area (Å²) in [4.78, 5) is 12.5. The van der Waals surface area contributed by atoms with Crippen molar-refractivity contribution in [2.75, 3.05) is 0 Å². The second-order valence-electron chi connectivity index (χ2n) is 6.08. The molecule has 4 atom stereocenters. The van der Waals surface area contributed by atoms with Crippen LogP contribution in [-0.4, -0.2) is 28.3 Å². The number of fused-ring (bicyclic) bond motifs is 1. The van der Waals surface area contributed by atoms with Gasteiger partial charge in [-0.2, -0.15) is 5.10 Å². The number of carbonyl (C=O) groups is 1. The smallest absolute Gasteiger partial charge is 0.255 e. The van der Waals surface area contributed by atoms with E-state index in [0.717, 1.165) is 12.0 Å². The maximum atomic E-state index is 13.9. The Morgan fingerprint density at radius 2 is 2.27 bits per heavy atom. The molecule has 1 heterocycles. The third-order valence-electron chi connectivity index (χ3n) is 4.65. The summed E-state index contributed by atoms with van der Waals surface area (Å²) in [7, 11) is 0. The molecule has 4 nitrogen and oxygen atoms in total. The van der Waals surface area contributed by atoms with Crippen molar-refractivity contribution in [2.45, 2.75) is 25.1 Å². The fourth-order valence-corrected chi connectivity index (χ4v) is 3.63. The molecular formula is C16H15ClFN3O. The van der Waals surface area contributed by atoms with Gasteiger partial charge in [-0.15, -0.1) is 0 Å². The van der Waals surface area contributed by atoms with Crippen molar-refractivity contribution < 1.29 is 9.18 Å². The average molecular weight is 320 g/mol. The lowest BCUT2D eigenvalue weighted by atomic mass is 10.1. The number of halogens is 2. The van der Waals surface area contributed by atoms with Gasteiger partial charge in [0.2, 0.25) is 0 Å². The number of rotatable bonds is 3. The van der Waals surface area contributed by atoms with E-state index in [1.54, 1.807) is 12.1 Å². The summed E-state index contributed by atoms with van der Waals surface area (Å²) in [5, 5.41) is 10.2. The van der Waals surface area contributed by atoms with Crippen molar-refractivity contribution in [2.24, 2.45) is 11.8 Å². The van der Waals surface area contributed by atoms with Crippen LogP contribution in [0.2, 0.25) is 5.02 Å². The summed E-state index contributed by atoms with van der Waals surface area (Å²) in [5.74, 6) is 0.474. The van der Waals surface area contributed by atoms with E-state index in [1.165, 1.54) is 6.20 Å². The predicted octanol–water partition coefficient (Wildman–Crippen LogP) is 3.21. The molecule has 4 unspecified atom stereocenters. The van der Waals surface area contributed by atoms with Gasteiger partial charge < -0.3 is 5.32 Å². The normalized spacial score (nSPS) is 29.2. The van der Waals surface area contributed by atoms with Crippen molar-refractivity contribution >= 4 is 17.5 Å². The number of alkyl halides is 1. The van der Waals surface area contributed by atoms with Gasteiger partial charge in [0.05, 0.1) is 23.5 Å². The zero-order valence-electron chi connectivity index (χ0n) is 11.7. The van der Waals surface area contributed by atoms with Gasteiger partial charge >= 0.3 is 0 Å². The Morgan fingerprint density at radius 3 is 3.00 bits per heavy atom. The summed E-state index contributed by atoms with van der Waals surface area (Å²) in [6.45, 7) is 0. The maximum Gasteiger partial charge on any atom is 0.255 e. The minimum atomic E-state index is -0.936. The zero-order valence-corrected chi connectivity index (χ0v) is 12.5. The van der Waals surface area contributed by atoms with Crippen LogP contribution in [0, 0.1) is 11.8 Å². The third kappa shape index (κ3) is 2.29. The van der Waals surface area contributed by atoms with Gasteiger partial charge in [0.25, 0.3) is 5.91 Å². The number of nitrogens with zero attached hydrogens (tertiary/aromatic N) is 1. The molecule has 2 saturated carbocycles. The van der Waals surface area contributed by atoms with Gasteiger partial charge in [-0.05, 0) is 36.8 Å². The Bertz CT molecular complexity index is 730. The van der Waals surface area contributed by atoms with Crippen LogP contribution in [0.25, 0.3) is 11.3 Å². The van der Waals surface area contributed by atoms with Crippen molar-refractivity contribution in [1.29, 1.82) is 0 Å². The number of nitrogens with one attached hydrogen (secondary N) is 2. The Labute approximate surface area is 132 Å². The molecule has 114 valence electrons. The number of hydrogen-bond acceptors (Lipinski definition) is 2. The average Bonchev–Trinajstić information content (AvgIpc) is 2.95. The lowest BCUT2D eigenvalue weighted by Gasteiger charge is -2.17. The van der Waals surface area contributed by atoms with Gasteiger partial charge in [0, 0.05) is 10.6 Å². The Hall–Kier alpha value is -1.88. The SMILES string of the molecule is O=C(NC1C(F)CC2CC21)c1cn[nH]c1-c1cccc(Cl)c1. The first-order valence-electron chi connectivity index (χ1n) is 7.37. The van der Waals surface area contributed by atoms with Crippen LogP contribution in [0.3, 0.4) is 0 Å². The first-order chi connectivity index (χ1) is 10.6. The molecule has 0 radical (unpaired) electrons. The fourth-order valence-electron chi connectivity index (χ4n) is 3.43. The monoisotopic (exact) mass is 319 g/mol. The molecule has 6 heteroatoms. The predicted molar refractivity (Wildman–Crippen MR) is 81.4 cm³/mol. The number of H-pyrrole nitrogens is 1. The van der Waals surface area contributed by atoms with Crippen LogP contribution >= 0.6 is 11.6 Å². The van der Waals surface area contributed by atoms with Crippen LogP contribution < -0.4 is 5.32 Å². The molecule has 0 bridgehead atoms. The highest BCUT2D eigenvalue weighted by Crippen LogP contribution is 2.52. The van der Waals surface area contributed by atoms with E-state index in [-0.39, 0.29) is 11.9 Å². The zero-order chi connectivity index (χ0) is 15.3. The van der Waals surface area contributed by atoms with E-state index in [2.05, 4.69) is 15.5 Å². The van der Waals surface area contributed by atoms with E-state index in [4.69, 9.17) is 11.6 Å². The molecule has 1 aromatic carbocycles. The number of benzene rings is 1. The van der Waals surface area contributed by atoms with Crippen LogP contribution in [0.5, 0.6) is 0 Å². The fraction of sp³-hybridized carbons (Fsp3) is 0.375. The van der Waals surface area contributed by atoms with Crippen molar-refractivity contribution in [3.8, 4) is 11.3 Å². The molecule has 2 aromatic rings. The lowest BCUT2D eigenvalue weighted by Crippen LogP contribution is -2.40. The van der Waals surface area contributed by atoms with Gasteiger partial charge in [0.15, 0.2) is 0 Å². The summed E-state index contributed by atoms with van der Waals surface area (Å²) < 4.78 is 13.9. The topological polar surface area (TPSA) is 57.8 Å². The highest BCUT2D eigenvalue weighted by molar-refractivity contribution is 6.30. The molecule has 22 heavy (non-hydrogen) atoms. The van der Waals surface area contributed by atoms with E-state index < -0.39 is 6.17 Å². The molecule has 2 aliphatic rings. The molecule has 0 saturated heterocycles. The minimum absolute atomic E-state index is 0.288. The van der Waals surface area contributed by atoms with E-state index in [0.29, 0.717) is 34.5 Å². The number of carbonyl (C=O) groups excluding carboxylic acids is 1. The van der Waals surface area contributed by atoms with Crippen molar-refractivity contribution in [1.82, 2.24) is 15.5 Å². The van der Waals surface area contributed by atoms with Crippen LogP contribution in [0.15, 0.2) is 30.5 Å². The largest absolute Gasteiger partial charge is 0.346 e. The lowest BCUT2D eigenvalue weighted by molar-refractivity contribution is 0.0910. The molecule has 4 rings (SSSR count). The van der Waals surface area contributed by atoms with Crippen molar-refractivity contribution in [3.63, 3.8) is 0 Å². The Morgan fingerprint density at radius 1 is 1.41 bits per heavy atom. The summed E-state index contributed by atoms with van der Waals surface area (Å²) in [5.41, 5.74) is 1.79. The molecule has 1 aromatic heterocycles.